The van der Waals surface area contributed by atoms with Gasteiger partial charge in [0.2, 0.25) is 0 Å². The maximum Gasteiger partial charge on any atom is 0.330 e. The summed E-state index contributed by atoms with van der Waals surface area (Å²) >= 11 is 0. The summed E-state index contributed by atoms with van der Waals surface area (Å²) in [5.41, 5.74) is 1.23. The lowest BCUT2D eigenvalue weighted by Gasteiger charge is -2.47. The molecule has 4 heteroatoms. The molecule has 1 aliphatic rings. The van der Waals surface area contributed by atoms with E-state index in [1.807, 2.05) is 6.92 Å². The normalized spacial score (nSPS) is 19.9. The van der Waals surface area contributed by atoms with Crippen LogP contribution in [-0.2, 0) is 14.0 Å². The second kappa shape index (κ2) is 10.4. The molecule has 33 heavy (non-hydrogen) atoms. The van der Waals surface area contributed by atoms with Gasteiger partial charge in [0.1, 0.15) is 0 Å². The Morgan fingerprint density at radius 2 is 1.58 bits per heavy atom. The van der Waals surface area contributed by atoms with E-state index in [0.717, 1.165) is 19.3 Å². The lowest BCUT2D eigenvalue weighted by molar-refractivity contribution is -0.137. The highest BCUT2D eigenvalue weighted by molar-refractivity contribution is 6.99. The Balaban J connectivity index is 2.06. The molecule has 0 saturated heterocycles. The van der Waals surface area contributed by atoms with Crippen LogP contribution in [-0.4, -0.2) is 27.5 Å². The topological polar surface area (TPSA) is 35.5 Å². The Labute approximate surface area is 201 Å². The van der Waals surface area contributed by atoms with Gasteiger partial charge in [0.25, 0.3) is 8.32 Å². The van der Waals surface area contributed by atoms with Crippen molar-refractivity contribution in [1.82, 2.24) is 0 Å². The minimum absolute atomic E-state index is 0.0575. The average Bonchev–Trinajstić information content (AvgIpc) is 2.76. The quantitative estimate of drug-likeness (QED) is 0.292. The molecule has 0 spiro atoms. The van der Waals surface area contributed by atoms with Crippen LogP contribution in [0.3, 0.4) is 0 Å². The molecule has 1 saturated carbocycles. The molecule has 0 radical (unpaired) electrons. The van der Waals surface area contributed by atoms with Crippen LogP contribution in [0.15, 0.2) is 72.3 Å². The van der Waals surface area contributed by atoms with Crippen molar-refractivity contribution < 1.29 is 14.0 Å². The molecule has 0 aromatic heterocycles. The summed E-state index contributed by atoms with van der Waals surface area (Å²) in [5, 5.41) is 2.50. The predicted molar refractivity (Wildman–Crippen MR) is 139 cm³/mol. The van der Waals surface area contributed by atoms with E-state index in [4.69, 9.17) is 9.16 Å². The summed E-state index contributed by atoms with van der Waals surface area (Å²) in [4.78, 5) is 12.3. The van der Waals surface area contributed by atoms with Crippen LogP contribution in [0, 0.1) is 11.3 Å². The molecule has 0 amide bonds. The van der Waals surface area contributed by atoms with Gasteiger partial charge in [-0.05, 0) is 47.0 Å². The number of esters is 1. The van der Waals surface area contributed by atoms with Gasteiger partial charge in [-0.1, -0.05) is 101 Å². The van der Waals surface area contributed by atoms with E-state index in [0.29, 0.717) is 13.2 Å². The SMILES string of the molecule is CCOC(=O)/C=C1\CCCC(C)(C)C1CO[Si](c1ccccc1)(c1ccccc1)C(C)(C)C. The van der Waals surface area contributed by atoms with E-state index in [9.17, 15) is 4.79 Å². The lowest BCUT2D eigenvalue weighted by Crippen LogP contribution is -2.67. The molecule has 1 unspecified atom stereocenters. The molecule has 1 atom stereocenters. The maximum atomic E-state index is 12.3. The molecule has 0 heterocycles. The van der Waals surface area contributed by atoms with Crippen LogP contribution in [0.4, 0.5) is 0 Å². The van der Waals surface area contributed by atoms with E-state index in [1.165, 1.54) is 15.9 Å². The van der Waals surface area contributed by atoms with Gasteiger partial charge in [-0.2, -0.15) is 0 Å². The van der Waals surface area contributed by atoms with Gasteiger partial charge in [-0.3, -0.25) is 0 Å². The highest BCUT2D eigenvalue weighted by Gasteiger charge is 2.51. The number of hydrogen-bond acceptors (Lipinski definition) is 3. The van der Waals surface area contributed by atoms with Gasteiger partial charge in [0.05, 0.1) is 6.61 Å². The number of carbonyl (C=O) groups is 1. The molecule has 1 fully saturated rings. The Hall–Kier alpha value is -2.17. The first kappa shape index (κ1) is 25.4. The van der Waals surface area contributed by atoms with E-state index in [-0.39, 0.29) is 22.3 Å². The standard InChI is InChI=1S/C29H40O3Si/c1-7-31-27(30)21-23-15-14-20-29(5,6)26(23)22-32-33(28(2,3)4,24-16-10-8-11-17-24)25-18-12-9-13-19-25/h8-13,16-19,21,26H,7,14-15,20,22H2,1-6H3/b23-21+. The molecule has 2 aromatic rings. The van der Waals surface area contributed by atoms with Crippen molar-refractivity contribution in [3.05, 3.63) is 72.3 Å². The van der Waals surface area contributed by atoms with Gasteiger partial charge >= 0.3 is 5.97 Å². The third kappa shape index (κ3) is 5.50. The van der Waals surface area contributed by atoms with Crippen LogP contribution in [0.2, 0.25) is 5.04 Å². The summed E-state index contributed by atoms with van der Waals surface area (Å²) < 4.78 is 12.5. The van der Waals surface area contributed by atoms with Crippen LogP contribution in [0.25, 0.3) is 0 Å². The summed E-state index contributed by atoms with van der Waals surface area (Å²) in [6.45, 7) is 14.4. The van der Waals surface area contributed by atoms with Crippen LogP contribution in [0.1, 0.15) is 60.8 Å². The Bertz CT molecular complexity index is 902. The molecular formula is C29H40O3Si. The fourth-order valence-electron chi connectivity index (χ4n) is 5.41. The third-order valence-corrected chi connectivity index (χ3v) is 12.2. The molecule has 0 aliphatic heterocycles. The zero-order valence-electron chi connectivity index (χ0n) is 21.2. The second-order valence-corrected chi connectivity index (χ2v) is 15.1. The Kier molecular flexibility index (Phi) is 8.02. The predicted octanol–water partition coefficient (Wildman–Crippen LogP) is 5.88. The monoisotopic (exact) mass is 464 g/mol. The van der Waals surface area contributed by atoms with Crippen molar-refractivity contribution in [2.75, 3.05) is 13.2 Å². The van der Waals surface area contributed by atoms with E-state index >= 15 is 0 Å². The third-order valence-electron chi connectivity index (χ3n) is 7.15. The van der Waals surface area contributed by atoms with Gasteiger partial charge in [-0.25, -0.2) is 4.79 Å². The van der Waals surface area contributed by atoms with Crippen molar-refractivity contribution in [2.45, 2.75) is 65.8 Å². The van der Waals surface area contributed by atoms with Crippen molar-refractivity contribution >= 4 is 24.7 Å². The van der Waals surface area contributed by atoms with Crippen LogP contribution >= 0.6 is 0 Å². The van der Waals surface area contributed by atoms with Crippen molar-refractivity contribution in [3.8, 4) is 0 Å². The van der Waals surface area contributed by atoms with Gasteiger partial charge in [-0.15, -0.1) is 0 Å². The molecule has 3 nitrogen and oxygen atoms in total. The fourth-order valence-corrected chi connectivity index (χ4v) is 9.98. The minimum Gasteiger partial charge on any atom is -0.463 e. The number of benzene rings is 2. The summed E-state index contributed by atoms with van der Waals surface area (Å²) in [7, 11) is -2.62. The van der Waals surface area contributed by atoms with Gasteiger partial charge in [0.15, 0.2) is 0 Å². The van der Waals surface area contributed by atoms with Gasteiger partial charge in [0, 0.05) is 18.6 Å². The highest BCUT2D eigenvalue weighted by atomic mass is 28.4. The zero-order chi connectivity index (χ0) is 24.1. The van der Waals surface area contributed by atoms with E-state index in [2.05, 4.69) is 95.3 Å². The van der Waals surface area contributed by atoms with Crippen molar-refractivity contribution in [1.29, 1.82) is 0 Å². The smallest absolute Gasteiger partial charge is 0.330 e. The largest absolute Gasteiger partial charge is 0.463 e. The Morgan fingerprint density at radius 3 is 2.06 bits per heavy atom. The first-order valence-electron chi connectivity index (χ1n) is 12.2. The van der Waals surface area contributed by atoms with Crippen molar-refractivity contribution in [2.24, 2.45) is 11.3 Å². The van der Waals surface area contributed by atoms with Crippen LogP contribution < -0.4 is 10.4 Å². The number of hydrogen-bond donors (Lipinski definition) is 0. The number of rotatable bonds is 7. The molecule has 1 aliphatic carbocycles. The summed E-state index contributed by atoms with van der Waals surface area (Å²) in [6, 6.07) is 21.5. The summed E-state index contributed by atoms with van der Waals surface area (Å²) in [5.74, 6) is -0.0575. The molecule has 0 N–H and O–H groups in total. The van der Waals surface area contributed by atoms with Crippen LogP contribution in [0.5, 0.6) is 0 Å². The fraction of sp³-hybridized carbons (Fsp3) is 0.483. The maximum absolute atomic E-state index is 12.3. The minimum atomic E-state index is -2.62. The highest BCUT2D eigenvalue weighted by Crippen LogP contribution is 2.45. The molecular weight excluding hydrogens is 424 g/mol. The first-order valence-corrected chi connectivity index (χ1v) is 14.1. The summed E-state index contributed by atoms with van der Waals surface area (Å²) in [6.07, 6.45) is 4.89. The molecule has 178 valence electrons. The molecule has 3 rings (SSSR count). The zero-order valence-corrected chi connectivity index (χ0v) is 22.2. The molecule has 2 aromatic carbocycles. The van der Waals surface area contributed by atoms with Crippen molar-refractivity contribution in [3.63, 3.8) is 0 Å². The van der Waals surface area contributed by atoms with Gasteiger partial charge < -0.3 is 9.16 Å². The van der Waals surface area contributed by atoms with E-state index < -0.39 is 8.32 Å². The van der Waals surface area contributed by atoms with E-state index in [1.54, 1.807) is 6.08 Å². The second-order valence-electron chi connectivity index (χ2n) is 10.8. The number of carbonyl (C=O) groups excluding carboxylic acids is 1. The Morgan fingerprint density at radius 1 is 1.03 bits per heavy atom. The lowest BCUT2D eigenvalue weighted by atomic mass is 9.66. The average molecular weight is 465 g/mol. The molecule has 0 bridgehead atoms. The number of ether oxygens (including phenoxy) is 1. The first-order chi connectivity index (χ1) is 15.6.